The van der Waals surface area contributed by atoms with Gasteiger partial charge in [0.25, 0.3) is 11.8 Å². The lowest BCUT2D eigenvalue weighted by Gasteiger charge is -2.31. The van der Waals surface area contributed by atoms with Gasteiger partial charge in [0.05, 0.1) is 11.4 Å². The quantitative estimate of drug-likeness (QED) is 0.414. The highest BCUT2D eigenvalue weighted by Gasteiger charge is 2.34. The van der Waals surface area contributed by atoms with E-state index in [9.17, 15) is 19.5 Å². The lowest BCUT2D eigenvalue weighted by atomic mass is 9.81. The monoisotopic (exact) mass is 536 g/mol. The van der Waals surface area contributed by atoms with Crippen LogP contribution in [0, 0.1) is 12.8 Å². The summed E-state index contributed by atoms with van der Waals surface area (Å²) in [5, 5.41) is 22.2. The predicted octanol–water partition coefficient (Wildman–Crippen LogP) is 1.59. The van der Waals surface area contributed by atoms with E-state index in [1.165, 1.54) is 6.92 Å². The number of aliphatic hydroxyl groups excluding tert-OH is 1. The zero-order chi connectivity index (χ0) is 27.5. The summed E-state index contributed by atoms with van der Waals surface area (Å²) >= 11 is 0. The van der Waals surface area contributed by atoms with Gasteiger partial charge in [-0.25, -0.2) is 9.97 Å². The molecule has 4 N–H and O–H groups in total. The molecule has 1 aromatic carbocycles. The highest BCUT2D eigenvalue weighted by atomic mass is 16.6. The molecule has 1 aliphatic carbocycles. The van der Waals surface area contributed by atoms with E-state index in [4.69, 9.17) is 9.57 Å². The van der Waals surface area contributed by atoms with Gasteiger partial charge in [-0.1, -0.05) is 11.2 Å². The number of aryl methyl sites for hydroxylation is 1. The first-order valence-electron chi connectivity index (χ1n) is 13.2. The molecule has 0 radical (unpaired) electrons. The van der Waals surface area contributed by atoms with Crippen molar-refractivity contribution in [2.45, 2.75) is 70.7 Å². The van der Waals surface area contributed by atoms with Crippen molar-refractivity contribution in [1.82, 2.24) is 20.6 Å². The molecule has 206 valence electrons. The number of hydrogen-bond acceptors (Lipinski definition) is 9. The van der Waals surface area contributed by atoms with Gasteiger partial charge in [-0.15, -0.1) is 0 Å². The number of hydrogen-bond donors (Lipinski definition) is 4. The fourth-order valence-electron chi connectivity index (χ4n) is 5.10. The first-order chi connectivity index (χ1) is 18.7. The van der Waals surface area contributed by atoms with Crippen LogP contribution >= 0.6 is 0 Å². The number of nitrogens with zero attached hydrogens (tertiary/aromatic N) is 3. The number of benzene rings is 1. The minimum absolute atomic E-state index is 0.0128. The molecule has 2 atom stereocenters. The zero-order valence-corrected chi connectivity index (χ0v) is 21.9. The van der Waals surface area contributed by atoms with Crippen LogP contribution in [0.5, 0.6) is 5.75 Å². The van der Waals surface area contributed by atoms with Gasteiger partial charge in [0.1, 0.15) is 35.2 Å². The Kier molecular flexibility index (Phi) is 7.73. The number of carbonyl (C=O) groups is 3. The molecule has 0 saturated heterocycles. The lowest BCUT2D eigenvalue weighted by Crippen LogP contribution is -2.43. The summed E-state index contributed by atoms with van der Waals surface area (Å²) in [6, 6.07) is 7.03. The average Bonchev–Trinajstić information content (AvgIpc) is 3.42. The van der Waals surface area contributed by atoms with Gasteiger partial charge < -0.3 is 30.6 Å². The van der Waals surface area contributed by atoms with Crippen molar-refractivity contribution in [2.75, 3.05) is 11.9 Å². The number of amides is 3. The van der Waals surface area contributed by atoms with Crippen molar-refractivity contribution >= 4 is 29.1 Å². The lowest BCUT2D eigenvalue weighted by molar-refractivity contribution is -0.129. The third-order valence-corrected chi connectivity index (χ3v) is 7.21. The van der Waals surface area contributed by atoms with E-state index in [0.717, 1.165) is 31.2 Å². The van der Waals surface area contributed by atoms with Crippen LogP contribution in [0.1, 0.15) is 66.6 Å². The van der Waals surface area contributed by atoms with Crippen LogP contribution in [-0.2, 0) is 21.0 Å². The molecule has 0 spiro atoms. The summed E-state index contributed by atoms with van der Waals surface area (Å²) < 4.78 is 5.37. The van der Waals surface area contributed by atoms with Crippen molar-refractivity contribution in [1.29, 1.82) is 0 Å². The number of ether oxygens (including phenoxy) is 1. The second kappa shape index (κ2) is 11.4. The number of carbonyl (C=O) groups excluding carboxylic acids is 3. The molecule has 12 nitrogen and oxygen atoms in total. The Labute approximate surface area is 225 Å². The highest BCUT2D eigenvalue weighted by molar-refractivity contribution is 6.02. The van der Waals surface area contributed by atoms with E-state index in [-0.39, 0.29) is 48.7 Å². The molecule has 3 heterocycles. The van der Waals surface area contributed by atoms with Crippen molar-refractivity contribution < 1.29 is 29.1 Å². The normalized spacial score (nSPS) is 22.9. The van der Waals surface area contributed by atoms with E-state index < -0.39 is 6.10 Å². The molecule has 5 rings (SSSR count). The van der Waals surface area contributed by atoms with Gasteiger partial charge in [-0.2, -0.15) is 0 Å². The van der Waals surface area contributed by atoms with Crippen LogP contribution in [0.25, 0.3) is 0 Å². The van der Waals surface area contributed by atoms with Gasteiger partial charge in [-0.05, 0) is 69.2 Å². The van der Waals surface area contributed by atoms with Gasteiger partial charge in [0, 0.05) is 19.0 Å². The molecule has 3 amide bonds. The van der Waals surface area contributed by atoms with Crippen LogP contribution in [0.2, 0.25) is 0 Å². The Morgan fingerprint density at radius 2 is 1.97 bits per heavy atom. The van der Waals surface area contributed by atoms with Gasteiger partial charge >= 0.3 is 0 Å². The van der Waals surface area contributed by atoms with E-state index in [0.29, 0.717) is 41.0 Å². The summed E-state index contributed by atoms with van der Waals surface area (Å²) in [6.45, 7) is 3.42. The molecule has 1 fully saturated rings. The minimum atomic E-state index is -1.01. The van der Waals surface area contributed by atoms with E-state index >= 15 is 0 Å². The molecular weight excluding hydrogens is 504 g/mol. The first-order valence-corrected chi connectivity index (χ1v) is 13.2. The minimum Gasteiger partial charge on any atom is -0.482 e. The molecule has 1 saturated carbocycles. The van der Waals surface area contributed by atoms with E-state index in [1.54, 1.807) is 25.1 Å². The molecule has 12 heteroatoms. The van der Waals surface area contributed by atoms with Crippen LogP contribution in [0.4, 0.5) is 5.69 Å². The van der Waals surface area contributed by atoms with Gasteiger partial charge in [0.2, 0.25) is 5.91 Å². The van der Waals surface area contributed by atoms with Crippen molar-refractivity contribution in [3.8, 4) is 5.75 Å². The largest absolute Gasteiger partial charge is 0.482 e. The van der Waals surface area contributed by atoms with E-state index in [2.05, 4.69) is 31.1 Å². The Morgan fingerprint density at radius 3 is 2.74 bits per heavy atom. The summed E-state index contributed by atoms with van der Waals surface area (Å²) in [4.78, 5) is 50.8. The number of fused-ring (bicyclic) bond motifs is 1. The maximum atomic E-state index is 12.9. The Bertz CT molecular complexity index is 1300. The standard InChI is InChI=1S/C27H32N6O6/c1-14(34)26(36)31-18-6-4-17(5-7-18)24-11-20(33-39-24)19-10-22(30-15(2)29-19)27(37)28-12-16-3-8-23-21(9-16)32-25(35)13-38-23/h3,8-10,14,17-18,24,34H,4-7,11-13H2,1-2H3,(H,28,37)(H,31,36)(H,32,35)/t14-,17-,18-,24+/m0/s1. The number of anilines is 1. The maximum Gasteiger partial charge on any atom is 0.270 e. The Morgan fingerprint density at radius 1 is 1.18 bits per heavy atom. The molecule has 1 aromatic heterocycles. The smallest absolute Gasteiger partial charge is 0.270 e. The van der Waals surface area contributed by atoms with Crippen molar-refractivity contribution in [2.24, 2.45) is 11.1 Å². The number of aromatic nitrogens is 2. The fourth-order valence-corrected chi connectivity index (χ4v) is 5.10. The summed E-state index contributed by atoms with van der Waals surface area (Å²) in [6.07, 6.45) is 2.88. The number of rotatable bonds is 7. The van der Waals surface area contributed by atoms with Crippen LogP contribution in [-0.4, -0.2) is 63.4 Å². The third-order valence-electron chi connectivity index (χ3n) is 7.21. The van der Waals surface area contributed by atoms with Crippen LogP contribution in [0.15, 0.2) is 29.4 Å². The SMILES string of the molecule is Cc1nc(C(=O)NCc2ccc3c(c2)NC(=O)CO3)cc(C2=NO[C@@H]([C@H]3CC[C@H](NC(=O)[C@H](C)O)CC3)C2)n1. The number of nitrogens with one attached hydrogen (secondary N) is 3. The molecule has 0 unspecified atom stereocenters. The van der Waals surface area contributed by atoms with Crippen molar-refractivity contribution in [3.05, 3.63) is 47.0 Å². The fraction of sp³-hybridized carbons (Fsp3) is 0.481. The average molecular weight is 537 g/mol. The molecule has 3 aliphatic rings. The summed E-state index contributed by atoms with van der Waals surface area (Å²) in [7, 11) is 0. The second-order valence-electron chi connectivity index (χ2n) is 10.2. The molecule has 2 aromatic rings. The van der Waals surface area contributed by atoms with Gasteiger partial charge in [0.15, 0.2) is 6.61 Å². The summed E-state index contributed by atoms with van der Waals surface area (Å²) in [5.74, 6) is 0.423. The first kappa shape index (κ1) is 26.5. The summed E-state index contributed by atoms with van der Waals surface area (Å²) in [5.41, 5.74) is 2.84. The Balaban J connectivity index is 1.16. The Hall–Kier alpha value is -4.06. The van der Waals surface area contributed by atoms with Crippen LogP contribution in [0.3, 0.4) is 0 Å². The van der Waals surface area contributed by atoms with E-state index in [1.807, 2.05) is 6.07 Å². The molecule has 39 heavy (non-hydrogen) atoms. The predicted molar refractivity (Wildman–Crippen MR) is 140 cm³/mol. The number of oxime groups is 1. The third kappa shape index (κ3) is 6.33. The maximum absolute atomic E-state index is 12.9. The zero-order valence-electron chi connectivity index (χ0n) is 21.9. The number of aliphatic hydroxyl groups is 1. The highest BCUT2D eigenvalue weighted by Crippen LogP contribution is 2.33. The topological polar surface area (TPSA) is 164 Å². The molecule has 0 bridgehead atoms. The second-order valence-corrected chi connectivity index (χ2v) is 10.2. The van der Waals surface area contributed by atoms with Crippen molar-refractivity contribution in [3.63, 3.8) is 0 Å². The molecular formula is C27H32N6O6. The van der Waals surface area contributed by atoms with Crippen LogP contribution < -0.4 is 20.7 Å². The van der Waals surface area contributed by atoms with Gasteiger partial charge in [-0.3, -0.25) is 14.4 Å². The molecule has 2 aliphatic heterocycles.